The lowest BCUT2D eigenvalue weighted by molar-refractivity contribution is 0.958. The zero-order chi connectivity index (χ0) is 11.3. The second-order valence-corrected chi connectivity index (χ2v) is 4.04. The molecule has 3 rings (SSSR count). The highest BCUT2D eigenvalue weighted by Gasteiger charge is 2.10. The van der Waals surface area contributed by atoms with Crippen molar-refractivity contribution in [1.29, 1.82) is 0 Å². The number of hydrogen-bond acceptors (Lipinski definition) is 2. The van der Waals surface area contributed by atoms with Crippen molar-refractivity contribution in [2.75, 3.05) is 0 Å². The third-order valence-corrected chi connectivity index (χ3v) is 2.97. The van der Waals surface area contributed by atoms with Crippen molar-refractivity contribution in [1.82, 2.24) is 14.8 Å². The summed E-state index contributed by atoms with van der Waals surface area (Å²) in [6.45, 7) is 2.04. The Morgan fingerprint density at radius 1 is 1.31 bits per heavy atom. The van der Waals surface area contributed by atoms with E-state index in [4.69, 9.17) is 0 Å². The van der Waals surface area contributed by atoms with Crippen molar-refractivity contribution in [2.45, 2.75) is 6.92 Å². The van der Waals surface area contributed by atoms with Crippen LogP contribution in [0.5, 0.6) is 0 Å². The van der Waals surface area contributed by atoms with E-state index >= 15 is 0 Å². The minimum absolute atomic E-state index is 0.145. The first-order valence-corrected chi connectivity index (χ1v) is 5.11. The van der Waals surface area contributed by atoms with E-state index in [1.165, 1.54) is 5.56 Å². The second kappa shape index (κ2) is 2.95. The molecule has 16 heavy (non-hydrogen) atoms. The molecule has 0 aliphatic carbocycles. The molecule has 0 unspecified atom stereocenters. The highest BCUT2D eigenvalue weighted by molar-refractivity contribution is 6.07. The van der Waals surface area contributed by atoms with E-state index in [0.29, 0.717) is 5.52 Å². The van der Waals surface area contributed by atoms with E-state index in [-0.39, 0.29) is 5.56 Å². The molecule has 2 aromatic heterocycles. The topological polar surface area (TPSA) is 50.7 Å². The Kier molecular flexibility index (Phi) is 1.68. The summed E-state index contributed by atoms with van der Waals surface area (Å²) in [6, 6.07) is 6.16. The van der Waals surface area contributed by atoms with Gasteiger partial charge in [0.05, 0.1) is 6.20 Å². The monoisotopic (exact) mass is 213 g/mol. The normalized spacial score (nSPS) is 11.4. The lowest BCUT2D eigenvalue weighted by Crippen LogP contribution is -2.10. The molecule has 0 saturated carbocycles. The summed E-state index contributed by atoms with van der Waals surface area (Å²) in [5, 5.41) is 8.31. The molecule has 4 nitrogen and oxygen atoms in total. The largest absolute Gasteiger partial charge is 0.339 e. The standard InChI is InChI=1S/C12H11N3O/c1-7-3-4-10-8(5-7)9-6-13-14-12(16)11(9)15(10)2/h3-6H,1-2H3,(H,14,16). The van der Waals surface area contributed by atoms with E-state index in [0.717, 1.165) is 16.3 Å². The zero-order valence-corrected chi connectivity index (χ0v) is 9.11. The van der Waals surface area contributed by atoms with Crippen molar-refractivity contribution in [3.05, 3.63) is 40.3 Å². The van der Waals surface area contributed by atoms with Gasteiger partial charge in [0.25, 0.3) is 5.56 Å². The summed E-state index contributed by atoms with van der Waals surface area (Å²) in [5.41, 5.74) is 2.77. The van der Waals surface area contributed by atoms with Crippen LogP contribution in [0.15, 0.2) is 29.2 Å². The molecule has 80 valence electrons. The molecular formula is C12H11N3O. The molecule has 0 aliphatic heterocycles. The highest BCUT2D eigenvalue weighted by atomic mass is 16.1. The average Bonchev–Trinajstić information content (AvgIpc) is 2.54. The average molecular weight is 213 g/mol. The van der Waals surface area contributed by atoms with Crippen molar-refractivity contribution in [2.24, 2.45) is 7.05 Å². The van der Waals surface area contributed by atoms with Crippen molar-refractivity contribution < 1.29 is 0 Å². The maximum Gasteiger partial charge on any atom is 0.288 e. The fourth-order valence-corrected chi connectivity index (χ4v) is 2.20. The quantitative estimate of drug-likeness (QED) is 0.618. The molecule has 0 atom stereocenters. The van der Waals surface area contributed by atoms with Crippen molar-refractivity contribution in [3.63, 3.8) is 0 Å². The maximum atomic E-state index is 11.7. The van der Waals surface area contributed by atoms with Gasteiger partial charge in [-0.2, -0.15) is 5.10 Å². The van der Waals surface area contributed by atoms with E-state index in [1.54, 1.807) is 6.20 Å². The van der Waals surface area contributed by atoms with Gasteiger partial charge in [-0.15, -0.1) is 0 Å². The number of hydrogen-bond donors (Lipinski definition) is 1. The summed E-state index contributed by atoms with van der Waals surface area (Å²) in [5.74, 6) is 0. The Balaban J connectivity index is 2.71. The second-order valence-electron chi connectivity index (χ2n) is 4.04. The van der Waals surface area contributed by atoms with Gasteiger partial charge in [0.2, 0.25) is 0 Å². The number of nitrogens with one attached hydrogen (secondary N) is 1. The number of nitrogens with zero attached hydrogens (tertiary/aromatic N) is 2. The van der Waals surface area contributed by atoms with Crippen LogP contribution in [-0.4, -0.2) is 14.8 Å². The third kappa shape index (κ3) is 1.04. The molecule has 0 spiro atoms. The van der Waals surface area contributed by atoms with Crippen LogP contribution >= 0.6 is 0 Å². The van der Waals surface area contributed by atoms with Crippen LogP contribution in [0.25, 0.3) is 21.8 Å². The summed E-state index contributed by atoms with van der Waals surface area (Å²) in [6.07, 6.45) is 1.71. The third-order valence-electron chi connectivity index (χ3n) is 2.97. The summed E-state index contributed by atoms with van der Waals surface area (Å²) >= 11 is 0. The van der Waals surface area contributed by atoms with E-state index in [9.17, 15) is 4.79 Å². The smallest absolute Gasteiger partial charge is 0.288 e. The van der Waals surface area contributed by atoms with Crippen molar-refractivity contribution >= 4 is 21.8 Å². The first-order valence-electron chi connectivity index (χ1n) is 5.11. The molecule has 0 bridgehead atoms. The van der Waals surface area contributed by atoms with Crippen LogP contribution < -0.4 is 5.56 Å². The Bertz CT molecular complexity index is 752. The first kappa shape index (κ1) is 9.15. The Labute approximate surface area is 91.5 Å². The van der Waals surface area contributed by atoms with Gasteiger partial charge in [-0.3, -0.25) is 4.79 Å². The van der Waals surface area contributed by atoms with Gasteiger partial charge in [0.15, 0.2) is 0 Å². The van der Waals surface area contributed by atoms with Gasteiger partial charge in [-0.25, -0.2) is 5.10 Å². The molecular weight excluding hydrogens is 202 g/mol. The lowest BCUT2D eigenvalue weighted by Gasteiger charge is -1.96. The fourth-order valence-electron chi connectivity index (χ4n) is 2.20. The predicted octanol–water partition coefficient (Wildman–Crippen LogP) is 1.72. The van der Waals surface area contributed by atoms with Gasteiger partial charge in [-0.05, 0) is 19.1 Å². The van der Waals surface area contributed by atoms with Gasteiger partial charge < -0.3 is 4.57 Å². The number of H-pyrrole nitrogens is 1. The highest BCUT2D eigenvalue weighted by Crippen LogP contribution is 2.25. The number of aryl methyl sites for hydroxylation is 2. The molecule has 0 amide bonds. The molecule has 4 heteroatoms. The van der Waals surface area contributed by atoms with Crippen molar-refractivity contribution in [3.8, 4) is 0 Å². The summed E-state index contributed by atoms with van der Waals surface area (Å²) in [7, 11) is 1.90. The van der Waals surface area contributed by atoms with Gasteiger partial charge in [-0.1, -0.05) is 11.6 Å². The van der Waals surface area contributed by atoms with Crippen LogP contribution in [0.4, 0.5) is 0 Å². The zero-order valence-electron chi connectivity index (χ0n) is 9.11. The maximum absolute atomic E-state index is 11.7. The molecule has 0 fully saturated rings. The van der Waals surface area contributed by atoms with Crippen LogP contribution in [0.3, 0.4) is 0 Å². The number of aromatic amines is 1. The van der Waals surface area contributed by atoms with E-state index < -0.39 is 0 Å². The Morgan fingerprint density at radius 2 is 2.12 bits per heavy atom. The number of rotatable bonds is 0. The fraction of sp³-hybridized carbons (Fsp3) is 0.167. The van der Waals surface area contributed by atoms with Gasteiger partial charge in [0, 0.05) is 23.3 Å². The predicted molar refractivity (Wildman–Crippen MR) is 63.6 cm³/mol. The van der Waals surface area contributed by atoms with Crippen LogP contribution in [-0.2, 0) is 7.05 Å². The van der Waals surface area contributed by atoms with Crippen LogP contribution in [0.2, 0.25) is 0 Å². The Hall–Kier alpha value is -2.10. The molecule has 0 radical (unpaired) electrons. The van der Waals surface area contributed by atoms with E-state index in [1.807, 2.05) is 30.7 Å². The summed E-state index contributed by atoms with van der Waals surface area (Å²) in [4.78, 5) is 11.7. The first-order chi connectivity index (χ1) is 7.68. The van der Waals surface area contributed by atoms with Crippen LogP contribution in [0.1, 0.15) is 5.56 Å². The molecule has 0 saturated heterocycles. The lowest BCUT2D eigenvalue weighted by atomic mass is 10.1. The van der Waals surface area contributed by atoms with E-state index in [2.05, 4.69) is 16.3 Å². The van der Waals surface area contributed by atoms with Crippen LogP contribution in [0, 0.1) is 6.92 Å². The number of benzene rings is 1. The number of fused-ring (bicyclic) bond motifs is 3. The SMILES string of the molecule is Cc1ccc2c(c1)c1cn[nH]c(=O)c1n2C. The molecule has 1 N–H and O–H groups in total. The number of aromatic nitrogens is 3. The van der Waals surface area contributed by atoms with Gasteiger partial charge in [0.1, 0.15) is 5.52 Å². The molecule has 0 aliphatic rings. The Morgan fingerprint density at radius 3 is 2.94 bits per heavy atom. The minimum atomic E-state index is -0.145. The van der Waals surface area contributed by atoms with Gasteiger partial charge >= 0.3 is 0 Å². The minimum Gasteiger partial charge on any atom is -0.339 e. The molecule has 1 aromatic carbocycles. The summed E-state index contributed by atoms with van der Waals surface area (Å²) < 4.78 is 1.91. The molecule has 2 heterocycles. The molecule has 3 aromatic rings.